The lowest BCUT2D eigenvalue weighted by Gasteiger charge is -1.99. The van der Waals surface area contributed by atoms with Crippen molar-refractivity contribution in [2.45, 2.75) is 38.6 Å². The molecule has 0 heterocycles. The van der Waals surface area contributed by atoms with Crippen LogP contribution in [0, 0.1) is 0 Å². The summed E-state index contributed by atoms with van der Waals surface area (Å²) in [6.07, 6.45) is 3.19. The van der Waals surface area contributed by atoms with Crippen LogP contribution < -0.4 is 5.32 Å². The first-order chi connectivity index (χ1) is 8.13. The maximum Gasteiger partial charge on any atom is 0.404 e. The highest BCUT2D eigenvalue weighted by Gasteiger charge is 2.22. The highest BCUT2D eigenvalue weighted by molar-refractivity contribution is 5.65. The van der Waals surface area contributed by atoms with Gasteiger partial charge in [-0.3, -0.25) is 0 Å². The fraction of sp³-hybridized carbons (Fsp3) is 0.462. The van der Waals surface area contributed by atoms with Crippen molar-refractivity contribution in [3.05, 3.63) is 29.8 Å². The number of nitrogens with one attached hydrogen (secondary N) is 1. The third kappa shape index (κ3) is 5.80. The molecule has 1 aliphatic rings. The highest BCUT2D eigenvalue weighted by Crippen LogP contribution is 2.18. The summed E-state index contributed by atoms with van der Waals surface area (Å²) < 4.78 is 0. The smallest absolute Gasteiger partial charge is 0.404 e. The molecular formula is C13H19NO3. The van der Waals surface area contributed by atoms with Gasteiger partial charge < -0.3 is 15.5 Å². The highest BCUT2D eigenvalue weighted by atomic mass is 16.4. The average molecular weight is 237 g/mol. The lowest BCUT2D eigenvalue weighted by molar-refractivity contribution is 0.194. The Labute approximate surface area is 101 Å². The van der Waals surface area contributed by atoms with Gasteiger partial charge in [-0.15, -0.1) is 0 Å². The third-order valence-electron chi connectivity index (χ3n) is 2.42. The Bertz CT molecular complexity index is 361. The number of aromatic hydroxyl groups is 1. The van der Waals surface area contributed by atoms with Crippen LogP contribution in [0.3, 0.4) is 0 Å². The number of amides is 1. The summed E-state index contributed by atoms with van der Waals surface area (Å²) in [6, 6.07) is 7.75. The van der Waals surface area contributed by atoms with Crippen LogP contribution in [-0.2, 0) is 6.42 Å². The predicted molar refractivity (Wildman–Crippen MR) is 66.3 cm³/mol. The Kier molecular flexibility index (Phi) is 5.33. The summed E-state index contributed by atoms with van der Waals surface area (Å²) in [6.45, 7) is 2.10. The van der Waals surface area contributed by atoms with E-state index in [1.807, 2.05) is 18.2 Å². The van der Waals surface area contributed by atoms with Crippen molar-refractivity contribution in [2.75, 3.05) is 0 Å². The van der Waals surface area contributed by atoms with Crippen LogP contribution in [0.2, 0.25) is 0 Å². The zero-order valence-corrected chi connectivity index (χ0v) is 10.0. The van der Waals surface area contributed by atoms with Crippen LogP contribution in [0.15, 0.2) is 24.3 Å². The number of carbonyl (C=O) groups is 1. The number of hydrogen-bond donors (Lipinski definition) is 3. The van der Waals surface area contributed by atoms with Gasteiger partial charge in [0.15, 0.2) is 0 Å². The van der Waals surface area contributed by atoms with E-state index >= 15 is 0 Å². The van der Waals surface area contributed by atoms with Gasteiger partial charge in [0, 0.05) is 6.04 Å². The van der Waals surface area contributed by atoms with Crippen LogP contribution in [0.1, 0.15) is 31.7 Å². The maximum atomic E-state index is 9.74. The van der Waals surface area contributed by atoms with E-state index in [9.17, 15) is 9.90 Å². The molecule has 2 rings (SSSR count). The number of benzene rings is 1. The molecule has 0 unspecified atom stereocenters. The first-order valence-corrected chi connectivity index (χ1v) is 5.89. The standard InChI is InChI=1S/C9H12O.C4H7NO2/c1-2-5-8-6-3-4-7-9(8)10;6-4(7)5-3-1-2-3/h3-4,6-7,10H,2,5H2,1H3;3,5H,1-2H2,(H,6,7). The first-order valence-electron chi connectivity index (χ1n) is 5.89. The second-order valence-corrected chi connectivity index (χ2v) is 4.10. The molecule has 1 aromatic rings. The van der Waals surface area contributed by atoms with Crippen LogP contribution in [0.25, 0.3) is 0 Å². The molecule has 1 aliphatic carbocycles. The first kappa shape index (κ1) is 13.4. The second-order valence-electron chi connectivity index (χ2n) is 4.10. The summed E-state index contributed by atoms with van der Waals surface area (Å²) >= 11 is 0. The SMILES string of the molecule is CCCc1ccccc1O.O=C(O)NC1CC1. The van der Waals surface area contributed by atoms with Gasteiger partial charge in [0.25, 0.3) is 0 Å². The molecule has 1 amide bonds. The number of rotatable bonds is 3. The van der Waals surface area contributed by atoms with Gasteiger partial charge in [-0.25, -0.2) is 4.79 Å². The van der Waals surface area contributed by atoms with E-state index in [1.165, 1.54) is 0 Å². The lowest BCUT2D eigenvalue weighted by atomic mass is 10.1. The molecule has 1 saturated carbocycles. The molecule has 4 heteroatoms. The zero-order chi connectivity index (χ0) is 12.7. The lowest BCUT2D eigenvalue weighted by Crippen LogP contribution is -2.22. The molecule has 1 aromatic carbocycles. The van der Waals surface area contributed by atoms with Gasteiger partial charge in [-0.2, -0.15) is 0 Å². The molecule has 0 bridgehead atoms. The Hall–Kier alpha value is -1.71. The minimum Gasteiger partial charge on any atom is -0.508 e. The van der Waals surface area contributed by atoms with Gasteiger partial charge in [-0.05, 0) is 30.9 Å². The average Bonchev–Trinajstić information content (AvgIpc) is 3.06. The van der Waals surface area contributed by atoms with Crippen molar-refractivity contribution in [3.63, 3.8) is 0 Å². The molecule has 0 atom stereocenters. The van der Waals surface area contributed by atoms with Gasteiger partial charge in [0.05, 0.1) is 0 Å². The minimum atomic E-state index is -0.900. The number of hydrogen-bond acceptors (Lipinski definition) is 2. The largest absolute Gasteiger partial charge is 0.508 e. The van der Waals surface area contributed by atoms with Crippen molar-refractivity contribution >= 4 is 6.09 Å². The van der Waals surface area contributed by atoms with E-state index in [-0.39, 0.29) is 6.04 Å². The summed E-state index contributed by atoms with van der Waals surface area (Å²) in [5, 5.41) is 19.6. The third-order valence-corrected chi connectivity index (χ3v) is 2.42. The van der Waals surface area contributed by atoms with Gasteiger partial charge in [0.1, 0.15) is 5.75 Å². The van der Waals surface area contributed by atoms with E-state index in [0.717, 1.165) is 31.2 Å². The van der Waals surface area contributed by atoms with E-state index in [4.69, 9.17) is 5.11 Å². The van der Waals surface area contributed by atoms with Crippen LogP contribution >= 0.6 is 0 Å². The number of phenolic OH excluding ortho intramolecular Hbond substituents is 1. The van der Waals surface area contributed by atoms with Crippen molar-refractivity contribution in [1.29, 1.82) is 0 Å². The molecule has 0 saturated heterocycles. The number of carboxylic acid groups (broad SMARTS) is 1. The number of phenols is 1. The van der Waals surface area contributed by atoms with E-state index in [0.29, 0.717) is 5.75 Å². The molecule has 0 radical (unpaired) electrons. The molecule has 17 heavy (non-hydrogen) atoms. The molecule has 4 nitrogen and oxygen atoms in total. The second kappa shape index (κ2) is 6.78. The topological polar surface area (TPSA) is 69.6 Å². The van der Waals surface area contributed by atoms with E-state index in [2.05, 4.69) is 12.2 Å². The molecule has 3 N–H and O–H groups in total. The van der Waals surface area contributed by atoms with Crippen molar-refractivity contribution < 1.29 is 15.0 Å². The molecule has 0 spiro atoms. The van der Waals surface area contributed by atoms with Gasteiger partial charge >= 0.3 is 6.09 Å². The Morgan fingerprint density at radius 2 is 2.06 bits per heavy atom. The van der Waals surface area contributed by atoms with E-state index in [1.54, 1.807) is 6.07 Å². The van der Waals surface area contributed by atoms with Crippen LogP contribution in [-0.4, -0.2) is 22.3 Å². The summed E-state index contributed by atoms with van der Waals surface area (Å²) in [5.41, 5.74) is 1.05. The Balaban J connectivity index is 0.000000181. The quantitative estimate of drug-likeness (QED) is 0.757. The predicted octanol–water partition coefficient (Wildman–Crippen LogP) is 2.76. The maximum absolute atomic E-state index is 9.74. The Morgan fingerprint density at radius 1 is 1.41 bits per heavy atom. The van der Waals surface area contributed by atoms with Crippen LogP contribution in [0.5, 0.6) is 5.75 Å². The fourth-order valence-corrected chi connectivity index (χ4v) is 1.39. The van der Waals surface area contributed by atoms with Gasteiger partial charge in [-0.1, -0.05) is 31.5 Å². The number of aryl methyl sites for hydroxylation is 1. The van der Waals surface area contributed by atoms with Crippen LogP contribution in [0.4, 0.5) is 4.79 Å². The summed E-state index contributed by atoms with van der Waals surface area (Å²) in [5.74, 6) is 0.421. The van der Waals surface area contributed by atoms with Crippen molar-refractivity contribution in [2.24, 2.45) is 0 Å². The summed E-state index contributed by atoms with van der Waals surface area (Å²) in [7, 11) is 0. The monoisotopic (exact) mass is 237 g/mol. The zero-order valence-electron chi connectivity index (χ0n) is 10.0. The molecule has 0 aliphatic heterocycles. The Morgan fingerprint density at radius 3 is 2.47 bits per heavy atom. The molecular weight excluding hydrogens is 218 g/mol. The summed E-state index contributed by atoms with van der Waals surface area (Å²) in [4.78, 5) is 9.74. The number of para-hydroxylation sites is 1. The minimum absolute atomic E-state index is 0.275. The van der Waals surface area contributed by atoms with E-state index < -0.39 is 6.09 Å². The molecule has 0 aromatic heterocycles. The van der Waals surface area contributed by atoms with Crippen molar-refractivity contribution in [3.8, 4) is 5.75 Å². The fourth-order valence-electron chi connectivity index (χ4n) is 1.39. The van der Waals surface area contributed by atoms with Crippen molar-refractivity contribution in [1.82, 2.24) is 5.32 Å². The molecule has 1 fully saturated rings. The van der Waals surface area contributed by atoms with Gasteiger partial charge in [0.2, 0.25) is 0 Å². The molecule has 94 valence electrons. The normalized spacial score (nSPS) is 13.5.